The maximum absolute atomic E-state index is 12.0. The molecule has 0 radical (unpaired) electrons. The lowest BCUT2D eigenvalue weighted by atomic mass is 10.2. The highest BCUT2D eigenvalue weighted by Gasteiger charge is 2.18. The summed E-state index contributed by atoms with van der Waals surface area (Å²) in [7, 11) is -3.41. The predicted molar refractivity (Wildman–Crippen MR) is 84.2 cm³/mol. The molecule has 0 amide bonds. The van der Waals surface area contributed by atoms with E-state index in [1.54, 1.807) is 24.3 Å². The van der Waals surface area contributed by atoms with E-state index in [1.165, 1.54) is 0 Å². The van der Waals surface area contributed by atoms with Crippen LogP contribution in [-0.4, -0.2) is 33.1 Å². The average Bonchev–Trinajstić information content (AvgIpc) is 2.88. The standard InChI is InChI=1S/C11H16NO3PS3/c1-10-2-4-11(5-3-10)19(13,14)12-6-7-15-16-17-8-9-18-16/h2-5,12H,6-9H2,1H3. The molecule has 1 aromatic rings. The van der Waals surface area contributed by atoms with Gasteiger partial charge in [0.05, 0.1) is 11.5 Å². The van der Waals surface area contributed by atoms with Crippen molar-refractivity contribution in [3.63, 3.8) is 0 Å². The normalized spacial score (nSPS) is 16.9. The van der Waals surface area contributed by atoms with Crippen LogP contribution in [0.1, 0.15) is 5.56 Å². The maximum atomic E-state index is 12.0. The van der Waals surface area contributed by atoms with E-state index < -0.39 is 16.6 Å². The fourth-order valence-corrected chi connectivity index (χ4v) is 9.17. The second kappa shape index (κ2) is 7.29. The Morgan fingerprint density at radius 1 is 1.26 bits per heavy atom. The number of nitrogens with one attached hydrogen (secondary N) is 1. The van der Waals surface area contributed by atoms with Crippen molar-refractivity contribution in [1.82, 2.24) is 4.72 Å². The Hall–Kier alpha value is 0.220. The zero-order valence-electron chi connectivity index (χ0n) is 10.5. The Labute approximate surface area is 123 Å². The van der Waals surface area contributed by atoms with Gasteiger partial charge in [-0.05, 0) is 19.1 Å². The first-order valence-corrected chi connectivity index (χ1v) is 11.8. The molecule has 0 aromatic heterocycles. The highest BCUT2D eigenvalue weighted by molar-refractivity contribution is 8.88. The van der Waals surface area contributed by atoms with Crippen LogP contribution in [0, 0.1) is 6.92 Å². The predicted octanol–water partition coefficient (Wildman–Crippen LogP) is 3.00. The minimum absolute atomic E-state index is 0.299. The summed E-state index contributed by atoms with van der Waals surface area (Å²) >= 11 is 3.65. The van der Waals surface area contributed by atoms with Crippen molar-refractivity contribution in [2.75, 3.05) is 24.7 Å². The van der Waals surface area contributed by atoms with Gasteiger partial charge in [0.2, 0.25) is 10.0 Å². The van der Waals surface area contributed by atoms with Crippen LogP contribution in [0.25, 0.3) is 0 Å². The highest BCUT2D eigenvalue weighted by atomic mass is 33.1. The zero-order valence-corrected chi connectivity index (χ0v) is 13.9. The minimum Gasteiger partial charge on any atom is -0.338 e. The first kappa shape index (κ1) is 15.6. The van der Waals surface area contributed by atoms with Crippen LogP contribution < -0.4 is 4.72 Å². The maximum Gasteiger partial charge on any atom is 0.240 e. The van der Waals surface area contributed by atoms with E-state index in [9.17, 15) is 8.42 Å². The SMILES string of the molecule is Cc1ccc(S(=O)(=O)NCCOP2SCCS2)cc1. The van der Waals surface area contributed by atoms with Crippen LogP contribution in [0.2, 0.25) is 0 Å². The molecule has 1 saturated heterocycles. The molecule has 19 heavy (non-hydrogen) atoms. The fourth-order valence-electron chi connectivity index (χ4n) is 1.43. The third-order valence-corrected chi connectivity index (χ3v) is 10.6. The molecule has 1 heterocycles. The number of hydrogen-bond acceptors (Lipinski definition) is 5. The van der Waals surface area contributed by atoms with Gasteiger partial charge >= 0.3 is 0 Å². The van der Waals surface area contributed by atoms with Gasteiger partial charge in [-0.25, -0.2) is 13.1 Å². The lowest BCUT2D eigenvalue weighted by Crippen LogP contribution is -2.26. The molecule has 8 heteroatoms. The van der Waals surface area contributed by atoms with Crippen LogP contribution in [0.15, 0.2) is 29.2 Å². The average molecular weight is 337 g/mol. The van der Waals surface area contributed by atoms with E-state index in [1.807, 2.05) is 29.7 Å². The van der Waals surface area contributed by atoms with Gasteiger partial charge in [-0.3, -0.25) is 0 Å². The summed E-state index contributed by atoms with van der Waals surface area (Å²) in [6.07, 6.45) is 0. The van der Waals surface area contributed by atoms with Crippen LogP contribution in [-0.2, 0) is 14.5 Å². The van der Waals surface area contributed by atoms with Gasteiger partial charge in [-0.15, -0.1) is 0 Å². The molecule has 1 N–H and O–H groups in total. The Bertz CT molecular complexity index is 500. The van der Waals surface area contributed by atoms with Crippen LogP contribution in [0.4, 0.5) is 0 Å². The Morgan fingerprint density at radius 3 is 2.53 bits per heavy atom. The quantitative estimate of drug-likeness (QED) is 0.639. The van der Waals surface area contributed by atoms with E-state index >= 15 is 0 Å². The van der Waals surface area contributed by atoms with E-state index in [2.05, 4.69) is 4.72 Å². The molecule has 0 aliphatic carbocycles. The van der Waals surface area contributed by atoms with Gasteiger partial charge in [0, 0.05) is 18.1 Å². The summed E-state index contributed by atoms with van der Waals surface area (Å²) in [5.41, 5.74) is 1.04. The molecule has 0 spiro atoms. The largest absolute Gasteiger partial charge is 0.338 e. The summed E-state index contributed by atoms with van der Waals surface area (Å²) < 4.78 is 32.1. The van der Waals surface area contributed by atoms with E-state index in [0.29, 0.717) is 18.0 Å². The van der Waals surface area contributed by atoms with Crippen LogP contribution in [0.3, 0.4) is 0 Å². The number of rotatable bonds is 6. The third kappa shape index (κ3) is 4.92. The van der Waals surface area contributed by atoms with Gasteiger partial charge in [0.15, 0.2) is 6.55 Å². The molecule has 1 aliphatic rings. The molecule has 4 nitrogen and oxygen atoms in total. The third-order valence-electron chi connectivity index (χ3n) is 2.40. The summed E-state index contributed by atoms with van der Waals surface area (Å²) in [5.74, 6) is 2.26. The van der Waals surface area contributed by atoms with Crippen LogP contribution >= 0.6 is 29.3 Å². The molecule has 0 bridgehead atoms. The summed E-state index contributed by atoms with van der Waals surface area (Å²) in [6.45, 7) is 2.22. The van der Waals surface area contributed by atoms with Gasteiger partial charge in [0.25, 0.3) is 0 Å². The summed E-state index contributed by atoms with van der Waals surface area (Å²) in [6, 6.07) is 6.82. The Morgan fingerprint density at radius 2 is 1.89 bits per heavy atom. The van der Waals surface area contributed by atoms with Crippen molar-refractivity contribution in [2.45, 2.75) is 11.8 Å². The highest BCUT2D eigenvalue weighted by Crippen LogP contribution is 2.66. The second-order valence-electron chi connectivity index (χ2n) is 3.93. The Kier molecular flexibility index (Phi) is 5.99. The molecule has 1 fully saturated rings. The Balaban J connectivity index is 1.79. The number of sulfonamides is 1. The topological polar surface area (TPSA) is 55.4 Å². The molecule has 1 aliphatic heterocycles. The monoisotopic (exact) mass is 337 g/mol. The molecule has 106 valence electrons. The van der Waals surface area contributed by atoms with Crippen molar-refractivity contribution in [3.8, 4) is 0 Å². The lowest BCUT2D eigenvalue weighted by molar-refractivity contribution is 0.372. The fraction of sp³-hybridized carbons (Fsp3) is 0.455. The zero-order chi connectivity index (χ0) is 13.7. The van der Waals surface area contributed by atoms with Gasteiger partial charge in [-0.2, -0.15) is 0 Å². The van der Waals surface area contributed by atoms with Gasteiger partial charge in [-0.1, -0.05) is 40.5 Å². The number of aryl methyl sites for hydroxylation is 1. The summed E-state index contributed by atoms with van der Waals surface area (Å²) in [4.78, 5) is 0.299. The first-order chi connectivity index (χ1) is 9.08. The molecule has 0 saturated carbocycles. The second-order valence-corrected chi connectivity index (χ2v) is 12.0. The lowest BCUT2D eigenvalue weighted by Gasteiger charge is -2.10. The molecular formula is C11H16NO3PS3. The molecule has 0 atom stereocenters. The smallest absolute Gasteiger partial charge is 0.240 e. The summed E-state index contributed by atoms with van der Waals surface area (Å²) in [5, 5.41) is 0. The number of hydrogen-bond donors (Lipinski definition) is 1. The van der Waals surface area contributed by atoms with Crippen LogP contribution in [0.5, 0.6) is 0 Å². The minimum atomic E-state index is -3.41. The molecule has 0 unspecified atom stereocenters. The van der Waals surface area contributed by atoms with Crippen molar-refractivity contribution in [1.29, 1.82) is 0 Å². The van der Waals surface area contributed by atoms with E-state index in [4.69, 9.17) is 4.52 Å². The molecular weight excluding hydrogens is 321 g/mol. The van der Waals surface area contributed by atoms with Gasteiger partial charge < -0.3 is 4.52 Å². The molecule has 2 rings (SSSR count). The number of benzene rings is 1. The first-order valence-electron chi connectivity index (χ1n) is 5.83. The van der Waals surface area contributed by atoms with Crippen molar-refractivity contribution in [3.05, 3.63) is 29.8 Å². The van der Waals surface area contributed by atoms with E-state index in [-0.39, 0.29) is 0 Å². The van der Waals surface area contributed by atoms with Crippen molar-refractivity contribution in [2.24, 2.45) is 0 Å². The molecule has 1 aromatic carbocycles. The van der Waals surface area contributed by atoms with Gasteiger partial charge in [0.1, 0.15) is 0 Å². The van der Waals surface area contributed by atoms with E-state index in [0.717, 1.165) is 17.1 Å². The van der Waals surface area contributed by atoms with Crippen molar-refractivity contribution >= 4 is 39.3 Å². The van der Waals surface area contributed by atoms with Crippen molar-refractivity contribution < 1.29 is 12.9 Å².